The molecule has 0 aromatic heterocycles. The van der Waals surface area contributed by atoms with Crippen molar-refractivity contribution in [3.8, 4) is 5.75 Å². The first-order valence-corrected chi connectivity index (χ1v) is 15.0. The van der Waals surface area contributed by atoms with Gasteiger partial charge in [-0.3, -0.25) is 14.4 Å². The van der Waals surface area contributed by atoms with Crippen molar-refractivity contribution in [2.24, 2.45) is 17.8 Å². The summed E-state index contributed by atoms with van der Waals surface area (Å²) >= 11 is 5.33. The second-order valence-electron chi connectivity index (χ2n) is 10.2. The van der Waals surface area contributed by atoms with Crippen LogP contribution in [0.3, 0.4) is 0 Å². The number of thioether (sulfide) groups is 1. The zero-order chi connectivity index (χ0) is 27.8. The van der Waals surface area contributed by atoms with Crippen molar-refractivity contribution in [1.82, 2.24) is 4.90 Å². The van der Waals surface area contributed by atoms with E-state index in [1.165, 1.54) is 0 Å². The number of rotatable bonds is 11. The molecular formula is C28H37BrN2O6S. The number of aliphatic hydroxyl groups is 1. The lowest BCUT2D eigenvalue weighted by atomic mass is 9.71. The normalized spacial score (nSPS) is 31.1. The molecule has 3 fully saturated rings. The molecule has 8 nitrogen and oxygen atoms in total. The molecule has 3 saturated heterocycles. The maximum absolute atomic E-state index is 14.6. The lowest BCUT2D eigenvalue weighted by Gasteiger charge is -2.41. The minimum absolute atomic E-state index is 0.0497. The summed E-state index contributed by atoms with van der Waals surface area (Å²) in [6.45, 7) is 9.78. The fourth-order valence-corrected chi connectivity index (χ4v) is 9.97. The van der Waals surface area contributed by atoms with Gasteiger partial charge in [-0.15, -0.1) is 18.3 Å². The van der Waals surface area contributed by atoms with Gasteiger partial charge in [0, 0.05) is 22.3 Å². The Kier molecular flexibility index (Phi) is 8.84. The highest BCUT2D eigenvalue weighted by Gasteiger charge is 2.76. The van der Waals surface area contributed by atoms with Gasteiger partial charge in [0.1, 0.15) is 11.8 Å². The van der Waals surface area contributed by atoms with E-state index in [2.05, 4.69) is 22.5 Å². The van der Waals surface area contributed by atoms with Crippen LogP contribution in [0.1, 0.15) is 33.6 Å². The summed E-state index contributed by atoms with van der Waals surface area (Å²) in [6, 6.07) is 5.77. The van der Waals surface area contributed by atoms with Gasteiger partial charge < -0.3 is 24.4 Å². The van der Waals surface area contributed by atoms with Gasteiger partial charge in [-0.25, -0.2) is 0 Å². The predicted molar refractivity (Wildman–Crippen MR) is 152 cm³/mol. The third kappa shape index (κ3) is 4.56. The van der Waals surface area contributed by atoms with Crippen molar-refractivity contribution in [3.63, 3.8) is 0 Å². The van der Waals surface area contributed by atoms with Crippen LogP contribution in [0.25, 0.3) is 0 Å². The second-order valence-corrected chi connectivity index (χ2v) is 12.9. The molecular weight excluding hydrogens is 572 g/mol. The third-order valence-corrected chi connectivity index (χ3v) is 11.5. The summed E-state index contributed by atoms with van der Waals surface area (Å²) in [4.78, 5) is 45.3. The maximum Gasteiger partial charge on any atom is 0.310 e. The number of hydrogen-bond acceptors (Lipinski definition) is 7. The zero-order valence-electron chi connectivity index (χ0n) is 22.3. The average Bonchev–Trinajstić information content (AvgIpc) is 3.51. The van der Waals surface area contributed by atoms with Crippen LogP contribution < -0.4 is 9.64 Å². The number of nitrogens with zero attached hydrogens (tertiary/aromatic N) is 2. The highest BCUT2D eigenvalue weighted by atomic mass is 79.9. The Morgan fingerprint density at radius 3 is 2.58 bits per heavy atom. The number of hydrogen-bond donors (Lipinski definition) is 1. The van der Waals surface area contributed by atoms with Crippen molar-refractivity contribution in [1.29, 1.82) is 0 Å². The topological polar surface area (TPSA) is 96.4 Å². The molecule has 4 rings (SSSR count). The van der Waals surface area contributed by atoms with E-state index in [0.717, 1.165) is 6.42 Å². The number of esters is 1. The molecule has 0 saturated carbocycles. The van der Waals surface area contributed by atoms with Crippen molar-refractivity contribution in [2.75, 3.05) is 31.8 Å². The van der Waals surface area contributed by atoms with E-state index in [1.807, 2.05) is 26.0 Å². The van der Waals surface area contributed by atoms with Gasteiger partial charge in [-0.2, -0.15) is 0 Å². The number of anilines is 1. The Hall–Kier alpha value is -2.04. The van der Waals surface area contributed by atoms with Gasteiger partial charge in [0.25, 0.3) is 5.91 Å². The number of ether oxygens (including phenoxy) is 2. The predicted octanol–water partition coefficient (Wildman–Crippen LogP) is 3.65. The molecule has 0 radical (unpaired) electrons. The Morgan fingerprint density at radius 1 is 1.34 bits per heavy atom. The molecule has 1 aromatic carbocycles. The van der Waals surface area contributed by atoms with Gasteiger partial charge in [0.15, 0.2) is 0 Å². The average molecular weight is 610 g/mol. The minimum Gasteiger partial charge on any atom is -0.497 e. The van der Waals surface area contributed by atoms with Crippen LogP contribution in [-0.2, 0) is 19.1 Å². The molecule has 38 heavy (non-hydrogen) atoms. The smallest absolute Gasteiger partial charge is 0.310 e. The number of likely N-dealkylation sites (tertiary alicyclic amines) is 1. The summed E-state index contributed by atoms with van der Waals surface area (Å²) in [6.07, 6.45) is 2.94. The minimum atomic E-state index is -0.859. The van der Waals surface area contributed by atoms with E-state index >= 15 is 0 Å². The fraction of sp³-hybridized carbons (Fsp3) is 0.607. The SMILES string of the molecule is C=CCN(C(=O)C1N([C@@H](CO)[C@@H](C)CC)C(=O)[C@@H]2[C@H](C(=O)OCC)[C@H]3SC12CC3Br)c1ccc(OC)cc1. The van der Waals surface area contributed by atoms with Crippen LogP contribution in [0.15, 0.2) is 36.9 Å². The Labute approximate surface area is 237 Å². The molecule has 1 spiro atoms. The second kappa shape index (κ2) is 11.6. The van der Waals surface area contributed by atoms with Crippen LogP contribution in [0.4, 0.5) is 5.69 Å². The quantitative estimate of drug-likeness (QED) is 0.233. The van der Waals surface area contributed by atoms with Crippen molar-refractivity contribution in [2.45, 2.75) is 60.5 Å². The molecule has 3 aliphatic rings. The number of carbonyl (C=O) groups is 3. The molecule has 0 aliphatic carbocycles. The first-order valence-electron chi connectivity index (χ1n) is 13.2. The van der Waals surface area contributed by atoms with Gasteiger partial charge in [0.2, 0.25) is 5.91 Å². The van der Waals surface area contributed by atoms with Crippen molar-refractivity contribution < 1.29 is 29.0 Å². The summed E-state index contributed by atoms with van der Waals surface area (Å²) in [7, 11) is 1.58. The van der Waals surface area contributed by atoms with Crippen LogP contribution >= 0.6 is 27.7 Å². The number of methoxy groups -OCH3 is 1. The Morgan fingerprint density at radius 2 is 2.03 bits per heavy atom. The first kappa shape index (κ1) is 29.0. The van der Waals surface area contributed by atoms with Crippen LogP contribution in [-0.4, -0.2) is 81.6 Å². The largest absolute Gasteiger partial charge is 0.497 e. The van der Waals surface area contributed by atoms with E-state index in [9.17, 15) is 19.5 Å². The van der Waals surface area contributed by atoms with E-state index in [-0.39, 0.29) is 47.6 Å². The number of benzene rings is 1. The maximum atomic E-state index is 14.6. The molecule has 8 atom stereocenters. The van der Waals surface area contributed by atoms with Gasteiger partial charge >= 0.3 is 5.97 Å². The lowest BCUT2D eigenvalue weighted by molar-refractivity contribution is -0.154. The molecule has 2 bridgehead atoms. The van der Waals surface area contributed by atoms with Crippen LogP contribution in [0.5, 0.6) is 5.75 Å². The van der Waals surface area contributed by atoms with Gasteiger partial charge in [-0.05, 0) is 43.5 Å². The summed E-state index contributed by atoms with van der Waals surface area (Å²) in [5, 5.41) is 10.3. The number of fused-ring (bicyclic) bond motifs is 1. The van der Waals surface area contributed by atoms with E-state index in [4.69, 9.17) is 9.47 Å². The molecule has 1 N–H and O–H groups in total. The van der Waals surface area contributed by atoms with E-state index in [1.54, 1.807) is 53.8 Å². The molecule has 3 heterocycles. The molecule has 10 heteroatoms. The summed E-state index contributed by atoms with van der Waals surface area (Å²) < 4.78 is 9.90. The van der Waals surface area contributed by atoms with Crippen LogP contribution in [0.2, 0.25) is 0 Å². The van der Waals surface area contributed by atoms with Crippen LogP contribution in [0, 0.1) is 17.8 Å². The summed E-state index contributed by atoms with van der Waals surface area (Å²) in [5.74, 6) is -1.63. The number of carbonyl (C=O) groups excluding carboxylic acids is 3. The van der Waals surface area contributed by atoms with Gasteiger partial charge in [0.05, 0.1) is 42.9 Å². The van der Waals surface area contributed by atoms with E-state index < -0.39 is 34.6 Å². The van der Waals surface area contributed by atoms with E-state index in [0.29, 0.717) is 17.9 Å². The summed E-state index contributed by atoms with van der Waals surface area (Å²) in [5.41, 5.74) is 0.655. The highest BCUT2D eigenvalue weighted by Crippen LogP contribution is 2.68. The van der Waals surface area contributed by atoms with Crippen molar-refractivity contribution >= 4 is 51.2 Å². The molecule has 3 unspecified atom stereocenters. The molecule has 3 aliphatic heterocycles. The lowest BCUT2D eigenvalue weighted by Crippen LogP contribution is -2.59. The first-order chi connectivity index (χ1) is 18.2. The number of alkyl halides is 1. The zero-order valence-corrected chi connectivity index (χ0v) is 24.7. The number of amides is 2. The monoisotopic (exact) mass is 608 g/mol. The number of aliphatic hydroxyl groups excluding tert-OH is 1. The Bertz CT molecular complexity index is 1070. The Balaban J connectivity index is 1.85. The standard InChI is InChI=1S/C28H37BrN2O6S/c1-6-13-30(17-9-11-18(36-5)12-10-17)26(34)24-28-14-19(29)23(38-28)21(27(35)37-8-3)22(28)25(33)31(24)20(15-32)16(4)7-2/h6,9-12,16,19-24,32H,1,7-8,13-15H2,2-5H3/t16-,19?,20-,21-,22-,23-,24?,28?/m0/s1. The molecule has 2 amide bonds. The van der Waals surface area contributed by atoms with Gasteiger partial charge in [-0.1, -0.05) is 42.3 Å². The number of halogens is 1. The molecule has 208 valence electrons. The third-order valence-electron chi connectivity index (χ3n) is 8.33. The molecule has 1 aromatic rings. The highest BCUT2D eigenvalue weighted by molar-refractivity contribution is 9.09. The van der Waals surface area contributed by atoms with Crippen molar-refractivity contribution in [3.05, 3.63) is 36.9 Å². The fourth-order valence-electron chi connectivity index (χ4n) is 6.39.